The lowest BCUT2D eigenvalue weighted by molar-refractivity contribution is -0.116. The third-order valence-electron chi connectivity index (χ3n) is 4.00. The summed E-state index contributed by atoms with van der Waals surface area (Å²) in [7, 11) is 3.92. The van der Waals surface area contributed by atoms with Crippen molar-refractivity contribution in [3.05, 3.63) is 60.3 Å². The molecule has 3 rings (SSSR count). The lowest BCUT2D eigenvalue weighted by Gasteiger charge is -2.14. The molecule has 1 aromatic heterocycles. The second-order valence-corrected chi connectivity index (χ2v) is 5.95. The average molecular weight is 323 g/mol. The lowest BCUT2D eigenvalue weighted by Crippen LogP contribution is -2.18. The van der Waals surface area contributed by atoms with Gasteiger partial charge in [0.2, 0.25) is 5.91 Å². The number of amides is 1. The molecule has 0 aliphatic carbocycles. The van der Waals surface area contributed by atoms with E-state index in [9.17, 15) is 9.90 Å². The standard InChI is InChI=1S/C19H21N3O2/c1-21(2)16-7-5-6-15(10-16)20-19(24)12-22-11-14(13-23)17-8-3-4-9-18(17)22/h3-11,23H,12-13H2,1-2H3,(H,20,24). The van der Waals surface area contributed by atoms with Crippen molar-refractivity contribution < 1.29 is 9.90 Å². The summed E-state index contributed by atoms with van der Waals surface area (Å²) in [4.78, 5) is 14.4. The van der Waals surface area contributed by atoms with E-state index < -0.39 is 0 Å². The fraction of sp³-hybridized carbons (Fsp3) is 0.211. The Morgan fingerprint density at radius 1 is 1.17 bits per heavy atom. The number of carbonyl (C=O) groups excluding carboxylic acids is 1. The number of hydrogen-bond acceptors (Lipinski definition) is 3. The second kappa shape index (κ2) is 6.76. The number of nitrogens with one attached hydrogen (secondary N) is 1. The number of aliphatic hydroxyl groups excluding tert-OH is 1. The van der Waals surface area contributed by atoms with Gasteiger partial charge in [0, 0.05) is 48.1 Å². The highest BCUT2D eigenvalue weighted by Crippen LogP contribution is 2.22. The molecule has 3 aromatic rings. The topological polar surface area (TPSA) is 57.5 Å². The number of carbonyl (C=O) groups is 1. The minimum absolute atomic E-state index is 0.0417. The highest BCUT2D eigenvalue weighted by atomic mass is 16.3. The Bertz CT molecular complexity index is 868. The molecule has 5 heteroatoms. The van der Waals surface area contributed by atoms with Gasteiger partial charge in [0.15, 0.2) is 0 Å². The quantitative estimate of drug-likeness (QED) is 0.759. The zero-order valence-electron chi connectivity index (χ0n) is 13.9. The van der Waals surface area contributed by atoms with Gasteiger partial charge in [0.25, 0.3) is 0 Å². The molecular weight excluding hydrogens is 302 g/mol. The van der Waals surface area contributed by atoms with Crippen LogP contribution in [0, 0.1) is 0 Å². The van der Waals surface area contributed by atoms with Crippen LogP contribution in [0.2, 0.25) is 0 Å². The number of rotatable bonds is 5. The molecule has 0 saturated heterocycles. The average Bonchev–Trinajstić information content (AvgIpc) is 2.93. The Labute approximate surface area is 141 Å². The molecular formula is C19H21N3O2. The van der Waals surface area contributed by atoms with E-state index in [1.54, 1.807) is 0 Å². The Morgan fingerprint density at radius 2 is 1.96 bits per heavy atom. The predicted octanol–water partition coefficient (Wildman–Crippen LogP) is 2.84. The molecule has 0 aliphatic rings. The van der Waals surface area contributed by atoms with Gasteiger partial charge in [-0.3, -0.25) is 4.79 Å². The van der Waals surface area contributed by atoms with E-state index in [0.717, 1.165) is 27.8 Å². The van der Waals surface area contributed by atoms with E-state index in [1.807, 2.05) is 78.3 Å². The number of benzene rings is 2. The lowest BCUT2D eigenvalue weighted by atomic mass is 10.2. The summed E-state index contributed by atoms with van der Waals surface area (Å²) in [5.41, 5.74) is 3.57. The predicted molar refractivity (Wildman–Crippen MR) is 97.3 cm³/mol. The highest BCUT2D eigenvalue weighted by molar-refractivity contribution is 5.93. The van der Waals surface area contributed by atoms with Crippen molar-refractivity contribution in [2.45, 2.75) is 13.2 Å². The van der Waals surface area contributed by atoms with E-state index in [0.29, 0.717) is 0 Å². The van der Waals surface area contributed by atoms with Gasteiger partial charge in [0.1, 0.15) is 6.54 Å². The first-order chi connectivity index (χ1) is 11.6. The number of aliphatic hydroxyl groups is 1. The number of hydrogen-bond donors (Lipinski definition) is 2. The van der Waals surface area contributed by atoms with Gasteiger partial charge in [-0.15, -0.1) is 0 Å². The minimum Gasteiger partial charge on any atom is -0.392 e. The molecule has 0 spiro atoms. The summed E-state index contributed by atoms with van der Waals surface area (Å²) in [5, 5.41) is 13.4. The van der Waals surface area contributed by atoms with E-state index in [1.165, 1.54) is 0 Å². The molecule has 0 saturated carbocycles. The van der Waals surface area contributed by atoms with Crippen LogP contribution >= 0.6 is 0 Å². The zero-order chi connectivity index (χ0) is 17.1. The van der Waals surface area contributed by atoms with Crippen LogP contribution in [0.25, 0.3) is 10.9 Å². The van der Waals surface area contributed by atoms with Crippen molar-refractivity contribution in [2.75, 3.05) is 24.3 Å². The third kappa shape index (κ3) is 3.26. The molecule has 0 aliphatic heterocycles. The van der Waals surface area contributed by atoms with Crippen molar-refractivity contribution in [1.29, 1.82) is 0 Å². The molecule has 1 heterocycles. The first-order valence-corrected chi connectivity index (χ1v) is 7.83. The Morgan fingerprint density at radius 3 is 2.71 bits per heavy atom. The van der Waals surface area contributed by atoms with Gasteiger partial charge in [-0.25, -0.2) is 0 Å². The molecule has 0 radical (unpaired) electrons. The smallest absolute Gasteiger partial charge is 0.244 e. The monoisotopic (exact) mass is 323 g/mol. The summed E-state index contributed by atoms with van der Waals surface area (Å²) >= 11 is 0. The number of nitrogens with zero attached hydrogens (tertiary/aromatic N) is 2. The van der Waals surface area contributed by atoms with E-state index in [2.05, 4.69) is 5.32 Å². The number of para-hydroxylation sites is 1. The molecule has 0 bridgehead atoms. The Hall–Kier alpha value is -2.79. The molecule has 0 atom stereocenters. The van der Waals surface area contributed by atoms with Crippen LogP contribution in [-0.2, 0) is 17.9 Å². The third-order valence-corrected chi connectivity index (χ3v) is 4.00. The molecule has 0 unspecified atom stereocenters. The van der Waals surface area contributed by atoms with Crippen LogP contribution in [-0.4, -0.2) is 29.7 Å². The van der Waals surface area contributed by atoms with Crippen molar-refractivity contribution >= 4 is 28.2 Å². The molecule has 5 nitrogen and oxygen atoms in total. The van der Waals surface area contributed by atoms with Gasteiger partial charge in [-0.1, -0.05) is 24.3 Å². The Balaban J connectivity index is 1.79. The second-order valence-electron chi connectivity index (χ2n) is 5.95. The van der Waals surface area contributed by atoms with Crippen LogP contribution in [0.1, 0.15) is 5.56 Å². The normalized spacial score (nSPS) is 10.8. The summed E-state index contributed by atoms with van der Waals surface area (Å²) in [6.07, 6.45) is 1.83. The fourth-order valence-corrected chi connectivity index (χ4v) is 2.80. The zero-order valence-corrected chi connectivity index (χ0v) is 13.9. The molecule has 2 N–H and O–H groups in total. The summed E-state index contributed by atoms with van der Waals surface area (Å²) in [6.45, 7) is 0.159. The minimum atomic E-state index is -0.101. The first-order valence-electron chi connectivity index (χ1n) is 7.83. The summed E-state index contributed by atoms with van der Waals surface area (Å²) in [5.74, 6) is -0.101. The molecule has 124 valence electrons. The maximum Gasteiger partial charge on any atom is 0.244 e. The van der Waals surface area contributed by atoms with Crippen LogP contribution in [0.3, 0.4) is 0 Å². The largest absolute Gasteiger partial charge is 0.392 e. The van der Waals surface area contributed by atoms with Crippen molar-refractivity contribution in [1.82, 2.24) is 4.57 Å². The van der Waals surface area contributed by atoms with Crippen LogP contribution in [0.5, 0.6) is 0 Å². The van der Waals surface area contributed by atoms with Crippen LogP contribution in [0.4, 0.5) is 11.4 Å². The van der Waals surface area contributed by atoms with Gasteiger partial charge >= 0.3 is 0 Å². The van der Waals surface area contributed by atoms with Crippen molar-refractivity contribution in [3.63, 3.8) is 0 Å². The van der Waals surface area contributed by atoms with E-state index >= 15 is 0 Å². The van der Waals surface area contributed by atoms with E-state index in [-0.39, 0.29) is 19.1 Å². The summed E-state index contributed by atoms with van der Waals surface area (Å²) in [6, 6.07) is 15.5. The van der Waals surface area contributed by atoms with E-state index in [4.69, 9.17) is 0 Å². The molecule has 2 aromatic carbocycles. The van der Waals surface area contributed by atoms with Crippen molar-refractivity contribution in [2.24, 2.45) is 0 Å². The van der Waals surface area contributed by atoms with Crippen LogP contribution in [0.15, 0.2) is 54.7 Å². The van der Waals surface area contributed by atoms with Gasteiger partial charge in [0.05, 0.1) is 6.61 Å². The van der Waals surface area contributed by atoms with Crippen LogP contribution < -0.4 is 10.2 Å². The van der Waals surface area contributed by atoms with Crippen molar-refractivity contribution in [3.8, 4) is 0 Å². The Kier molecular flexibility index (Phi) is 4.53. The number of fused-ring (bicyclic) bond motifs is 1. The first kappa shape index (κ1) is 16.1. The number of anilines is 2. The maximum atomic E-state index is 12.4. The number of aromatic nitrogens is 1. The highest BCUT2D eigenvalue weighted by Gasteiger charge is 2.11. The molecule has 0 fully saturated rings. The fourth-order valence-electron chi connectivity index (χ4n) is 2.80. The van der Waals surface area contributed by atoms with Gasteiger partial charge in [-0.05, 0) is 24.3 Å². The SMILES string of the molecule is CN(C)c1cccc(NC(=O)Cn2cc(CO)c3ccccc32)c1. The summed E-state index contributed by atoms with van der Waals surface area (Å²) < 4.78 is 1.87. The van der Waals surface area contributed by atoms with Gasteiger partial charge in [-0.2, -0.15) is 0 Å². The molecule has 24 heavy (non-hydrogen) atoms. The van der Waals surface area contributed by atoms with Gasteiger partial charge < -0.3 is 19.9 Å². The maximum absolute atomic E-state index is 12.4. The molecule has 1 amide bonds.